The lowest BCUT2D eigenvalue weighted by Crippen LogP contribution is -2.33. The summed E-state index contributed by atoms with van der Waals surface area (Å²) in [4.78, 5) is 2.49. The van der Waals surface area contributed by atoms with Gasteiger partial charge in [-0.25, -0.2) is 0 Å². The molecule has 0 saturated carbocycles. The maximum absolute atomic E-state index is 9.84. The van der Waals surface area contributed by atoms with Crippen molar-refractivity contribution >= 4 is 5.57 Å². The number of ether oxygens (including phenoxy) is 1. The van der Waals surface area contributed by atoms with Gasteiger partial charge in [0, 0.05) is 19.1 Å². The molecule has 32 heavy (non-hydrogen) atoms. The molecule has 170 valence electrons. The van der Waals surface area contributed by atoms with E-state index in [2.05, 4.69) is 42.2 Å². The minimum atomic E-state index is 0.165. The van der Waals surface area contributed by atoms with Crippen molar-refractivity contribution in [3.63, 3.8) is 0 Å². The van der Waals surface area contributed by atoms with Crippen molar-refractivity contribution in [3.8, 4) is 11.5 Å². The number of likely N-dealkylation sites (tertiary alicyclic amines) is 1. The first-order valence-electron chi connectivity index (χ1n) is 11.9. The van der Waals surface area contributed by atoms with Crippen LogP contribution in [0, 0.1) is 5.92 Å². The van der Waals surface area contributed by atoms with Gasteiger partial charge in [-0.05, 0) is 92.2 Å². The summed E-state index contributed by atoms with van der Waals surface area (Å²) in [6.07, 6.45) is 7.85. The number of benzene rings is 2. The summed E-state index contributed by atoms with van der Waals surface area (Å²) in [5, 5.41) is 19.5. The molecule has 4 nitrogen and oxygen atoms in total. The molecule has 0 unspecified atom stereocenters. The van der Waals surface area contributed by atoms with Crippen LogP contribution in [0.2, 0.25) is 0 Å². The number of phenolic OH excluding ortho intramolecular Hbond substituents is 1. The zero-order valence-corrected chi connectivity index (χ0v) is 19.1. The summed E-state index contributed by atoms with van der Waals surface area (Å²) in [7, 11) is 0. The number of aliphatic hydroxyl groups is 1. The van der Waals surface area contributed by atoms with Crippen LogP contribution in [0.25, 0.3) is 5.57 Å². The maximum Gasteiger partial charge on any atom is 0.119 e. The average Bonchev–Trinajstić information content (AvgIpc) is 2.83. The van der Waals surface area contributed by atoms with E-state index >= 15 is 0 Å². The van der Waals surface area contributed by atoms with Crippen molar-refractivity contribution in [2.24, 2.45) is 5.92 Å². The first-order valence-corrected chi connectivity index (χ1v) is 11.9. The highest BCUT2D eigenvalue weighted by molar-refractivity contribution is 5.81. The first-order chi connectivity index (χ1) is 15.6. The highest BCUT2D eigenvalue weighted by Gasteiger charge is 2.22. The molecule has 1 atom stereocenters. The number of nitrogens with zero attached hydrogens (tertiary/aromatic N) is 1. The monoisotopic (exact) mass is 433 g/mol. The Balaban J connectivity index is 1.43. The number of hydrogen-bond acceptors (Lipinski definition) is 4. The Kier molecular flexibility index (Phi) is 7.67. The van der Waals surface area contributed by atoms with Crippen LogP contribution >= 0.6 is 0 Å². The van der Waals surface area contributed by atoms with Gasteiger partial charge in [0.15, 0.2) is 0 Å². The van der Waals surface area contributed by atoms with Crippen LogP contribution in [-0.2, 0) is 6.42 Å². The number of piperidine rings is 1. The molecule has 2 aromatic rings. The highest BCUT2D eigenvalue weighted by atomic mass is 16.5. The third-order valence-corrected chi connectivity index (χ3v) is 6.85. The van der Waals surface area contributed by atoms with Crippen molar-refractivity contribution in [1.82, 2.24) is 4.90 Å². The smallest absolute Gasteiger partial charge is 0.119 e. The third kappa shape index (κ3) is 5.62. The predicted octanol–water partition coefficient (Wildman–Crippen LogP) is 5.21. The quantitative estimate of drug-likeness (QED) is 0.600. The summed E-state index contributed by atoms with van der Waals surface area (Å²) in [5.74, 6) is 1.36. The maximum atomic E-state index is 9.84. The van der Waals surface area contributed by atoms with Crippen LogP contribution in [0.1, 0.15) is 43.7 Å². The van der Waals surface area contributed by atoms with E-state index in [-0.39, 0.29) is 18.3 Å². The molecule has 4 rings (SSSR count). The van der Waals surface area contributed by atoms with Crippen molar-refractivity contribution < 1.29 is 14.9 Å². The van der Waals surface area contributed by atoms with Gasteiger partial charge in [0.1, 0.15) is 18.1 Å². The van der Waals surface area contributed by atoms with Gasteiger partial charge in [-0.15, -0.1) is 0 Å². The van der Waals surface area contributed by atoms with E-state index in [0.717, 1.165) is 37.3 Å². The zero-order chi connectivity index (χ0) is 22.3. The van der Waals surface area contributed by atoms with Crippen molar-refractivity contribution in [2.45, 2.75) is 39.0 Å². The number of hydrogen-bond donors (Lipinski definition) is 2. The molecule has 1 heterocycles. The summed E-state index contributed by atoms with van der Waals surface area (Å²) in [6.45, 7) is 6.43. The second-order valence-electron chi connectivity index (χ2n) is 9.01. The predicted molar refractivity (Wildman–Crippen MR) is 130 cm³/mol. The van der Waals surface area contributed by atoms with Gasteiger partial charge in [0.05, 0.1) is 0 Å². The van der Waals surface area contributed by atoms with Gasteiger partial charge >= 0.3 is 0 Å². The molecular weight excluding hydrogens is 398 g/mol. The molecule has 0 spiro atoms. The van der Waals surface area contributed by atoms with E-state index in [0.29, 0.717) is 0 Å². The van der Waals surface area contributed by atoms with E-state index in [1.54, 1.807) is 12.1 Å². The second-order valence-corrected chi connectivity index (χ2v) is 9.01. The highest BCUT2D eigenvalue weighted by Crippen LogP contribution is 2.37. The van der Waals surface area contributed by atoms with E-state index in [1.807, 2.05) is 12.1 Å². The van der Waals surface area contributed by atoms with Crippen LogP contribution in [-0.4, -0.2) is 48.0 Å². The molecule has 1 fully saturated rings. The Morgan fingerprint density at radius 3 is 2.38 bits per heavy atom. The Labute approximate surface area is 191 Å². The molecule has 1 saturated heterocycles. The van der Waals surface area contributed by atoms with Crippen LogP contribution in [0.3, 0.4) is 0 Å². The van der Waals surface area contributed by atoms with Crippen LogP contribution < -0.4 is 4.74 Å². The van der Waals surface area contributed by atoms with Crippen molar-refractivity contribution in [3.05, 3.63) is 76.9 Å². The Morgan fingerprint density at radius 2 is 1.69 bits per heavy atom. The van der Waals surface area contributed by atoms with Crippen LogP contribution in [0.15, 0.2) is 65.8 Å². The van der Waals surface area contributed by atoms with E-state index in [4.69, 9.17) is 4.74 Å². The normalized spacial score (nSPS) is 19.7. The first kappa shape index (κ1) is 22.6. The van der Waals surface area contributed by atoms with Gasteiger partial charge in [0.25, 0.3) is 0 Å². The molecule has 0 bridgehead atoms. The van der Waals surface area contributed by atoms with E-state index < -0.39 is 0 Å². The second kappa shape index (κ2) is 10.8. The molecule has 2 aromatic carbocycles. The largest absolute Gasteiger partial charge is 0.508 e. The van der Waals surface area contributed by atoms with Crippen molar-refractivity contribution in [2.75, 3.05) is 32.8 Å². The Hall–Kier alpha value is -2.56. The molecule has 2 N–H and O–H groups in total. The fraction of sp³-hybridized carbons (Fsp3) is 0.429. The molecule has 0 radical (unpaired) electrons. The number of aromatic hydroxyl groups is 1. The van der Waals surface area contributed by atoms with Gasteiger partial charge in [-0.2, -0.15) is 0 Å². The molecule has 4 heteroatoms. The average molecular weight is 434 g/mol. The SMILES string of the molecule is CC1=C(Cc2ccc(OCCN3CCCCC3)cc2)C(c2ccc(O)cc2)=CC[C@@H]1CO. The Bertz CT molecular complexity index is 938. The van der Waals surface area contributed by atoms with Crippen LogP contribution in [0.4, 0.5) is 0 Å². The van der Waals surface area contributed by atoms with Crippen LogP contribution in [0.5, 0.6) is 11.5 Å². The molecule has 2 aliphatic rings. The number of phenols is 1. The molecule has 1 aliphatic heterocycles. The van der Waals surface area contributed by atoms with Gasteiger partial charge in [-0.1, -0.05) is 42.3 Å². The number of aliphatic hydroxyl groups excluding tert-OH is 1. The summed E-state index contributed by atoms with van der Waals surface area (Å²) < 4.78 is 5.99. The Morgan fingerprint density at radius 1 is 0.969 bits per heavy atom. The van der Waals surface area contributed by atoms with Gasteiger partial charge in [0.2, 0.25) is 0 Å². The molecular formula is C28H35NO3. The van der Waals surface area contributed by atoms with Gasteiger partial charge in [-0.3, -0.25) is 4.90 Å². The standard InChI is InChI=1S/C28H35NO3/c1-21-24(20-30)9-14-27(23-7-10-25(31)11-8-23)28(21)19-22-5-12-26(13-6-22)32-18-17-29-15-3-2-4-16-29/h5-8,10-14,24,30-31H,2-4,9,15-20H2,1H3/t24-/m1/s1. The molecule has 1 aliphatic carbocycles. The lowest BCUT2D eigenvalue weighted by atomic mass is 9.79. The lowest BCUT2D eigenvalue weighted by Gasteiger charge is -2.27. The van der Waals surface area contributed by atoms with E-state index in [1.165, 1.54) is 54.6 Å². The minimum absolute atomic E-state index is 0.165. The van der Waals surface area contributed by atoms with Gasteiger partial charge < -0.3 is 14.9 Å². The van der Waals surface area contributed by atoms with E-state index in [9.17, 15) is 10.2 Å². The summed E-state index contributed by atoms with van der Waals surface area (Å²) in [6, 6.07) is 15.8. The molecule has 0 amide bonds. The lowest BCUT2D eigenvalue weighted by molar-refractivity contribution is 0.183. The number of allylic oxidation sites excluding steroid dienone is 3. The third-order valence-electron chi connectivity index (χ3n) is 6.85. The molecule has 0 aromatic heterocycles. The fourth-order valence-electron chi connectivity index (χ4n) is 4.78. The minimum Gasteiger partial charge on any atom is -0.508 e. The summed E-state index contributed by atoms with van der Waals surface area (Å²) >= 11 is 0. The fourth-order valence-corrected chi connectivity index (χ4v) is 4.78. The summed E-state index contributed by atoms with van der Waals surface area (Å²) in [5.41, 5.74) is 6.05. The topological polar surface area (TPSA) is 52.9 Å². The number of rotatable bonds is 8. The zero-order valence-electron chi connectivity index (χ0n) is 19.1. The van der Waals surface area contributed by atoms with Crippen molar-refractivity contribution in [1.29, 1.82) is 0 Å².